The van der Waals surface area contributed by atoms with Gasteiger partial charge in [0, 0.05) is 30.4 Å². The Morgan fingerprint density at radius 1 is 1.03 bits per heavy atom. The molecular formula is C23H24FN5O3S. The molecule has 2 heterocycles. The number of hydrogen-bond donors (Lipinski definition) is 2. The molecule has 4 rings (SSSR count). The molecule has 1 saturated heterocycles. The first kappa shape index (κ1) is 22.7. The Morgan fingerprint density at radius 3 is 2.33 bits per heavy atom. The molecule has 3 aromatic rings. The number of carbonyl (C=O) groups excluding carboxylic acids is 2. The van der Waals surface area contributed by atoms with Crippen LogP contribution in [0.5, 0.6) is 5.75 Å². The van der Waals surface area contributed by atoms with Crippen molar-refractivity contribution in [3.8, 4) is 5.75 Å². The Balaban J connectivity index is 1.28. The van der Waals surface area contributed by atoms with E-state index in [1.807, 2.05) is 31.2 Å². The molecule has 1 aromatic heterocycles. The van der Waals surface area contributed by atoms with E-state index in [-0.39, 0.29) is 28.7 Å². The fraction of sp³-hybridized carbons (Fsp3) is 0.304. The van der Waals surface area contributed by atoms with E-state index in [0.29, 0.717) is 31.1 Å². The van der Waals surface area contributed by atoms with E-state index >= 15 is 0 Å². The van der Waals surface area contributed by atoms with Gasteiger partial charge in [-0.25, -0.2) is 9.18 Å². The maximum Gasteiger partial charge on any atom is 0.321 e. The third kappa shape index (κ3) is 5.83. The van der Waals surface area contributed by atoms with Gasteiger partial charge in [0.1, 0.15) is 16.6 Å². The van der Waals surface area contributed by atoms with Crippen LogP contribution >= 0.6 is 11.3 Å². The van der Waals surface area contributed by atoms with Crippen LogP contribution in [0.2, 0.25) is 0 Å². The van der Waals surface area contributed by atoms with Crippen LogP contribution in [0.1, 0.15) is 40.5 Å². The van der Waals surface area contributed by atoms with Crippen molar-refractivity contribution < 1.29 is 18.7 Å². The number of rotatable bonds is 6. The minimum atomic E-state index is -0.377. The molecule has 172 valence electrons. The van der Waals surface area contributed by atoms with Crippen molar-refractivity contribution in [3.63, 3.8) is 0 Å². The molecule has 0 spiro atoms. The van der Waals surface area contributed by atoms with Crippen LogP contribution in [0, 0.1) is 5.82 Å². The summed E-state index contributed by atoms with van der Waals surface area (Å²) in [6.07, 6.45) is 1.48. The number of urea groups is 1. The summed E-state index contributed by atoms with van der Waals surface area (Å²) in [5, 5.41) is 14.8. The van der Waals surface area contributed by atoms with Crippen molar-refractivity contribution in [1.82, 2.24) is 15.1 Å². The van der Waals surface area contributed by atoms with Gasteiger partial charge in [0.25, 0.3) is 5.91 Å². The molecule has 33 heavy (non-hydrogen) atoms. The summed E-state index contributed by atoms with van der Waals surface area (Å²) in [5.41, 5.74) is 1.21. The average molecular weight is 470 g/mol. The highest BCUT2D eigenvalue weighted by Crippen LogP contribution is 2.30. The predicted octanol–water partition coefficient (Wildman–Crippen LogP) is 4.74. The first-order valence-corrected chi connectivity index (χ1v) is 11.5. The Labute approximate surface area is 194 Å². The molecule has 1 aliphatic rings. The van der Waals surface area contributed by atoms with Gasteiger partial charge in [-0.2, -0.15) is 0 Å². The van der Waals surface area contributed by atoms with E-state index in [1.165, 1.54) is 35.6 Å². The lowest BCUT2D eigenvalue weighted by Gasteiger charge is -2.31. The number of ether oxygens (including phenoxy) is 1. The Kier molecular flexibility index (Phi) is 7.13. The van der Waals surface area contributed by atoms with Gasteiger partial charge in [0.2, 0.25) is 5.01 Å². The van der Waals surface area contributed by atoms with Gasteiger partial charge in [-0.1, -0.05) is 11.3 Å². The molecule has 0 radical (unpaired) electrons. The quantitative estimate of drug-likeness (QED) is 0.544. The van der Waals surface area contributed by atoms with E-state index in [0.717, 1.165) is 23.6 Å². The van der Waals surface area contributed by atoms with Crippen LogP contribution < -0.4 is 15.4 Å². The topological polar surface area (TPSA) is 96.4 Å². The number of likely N-dealkylation sites (tertiary alicyclic amines) is 1. The third-order valence-electron chi connectivity index (χ3n) is 5.28. The molecule has 0 bridgehead atoms. The van der Waals surface area contributed by atoms with Crippen LogP contribution in [-0.4, -0.2) is 46.7 Å². The largest absolute Gasteiger partial charge is 0.494 e. The minimum Gasteiger partial charge on any atom is -0.494 e. The second kappa shape index (κ2) is 10.4. The fourth-order valence-electron chi connectivity index (χ4n) is 3.54. The number of hydrogen-bond acceptors (Lipinski definition) is 6. The van der Waals surface area contributed by atoms with E-state index in [1.54, 1.807) is 4.90 Å². The number of benzene rings is 2. The lowest BCUT2D eigenvalue weighted by Crippen LogP contribution is -2.40. The van der Waals surface area contributed by atoms with Gasteiger partial charge >= 0.3 is 6.03 Å². The first-order valence-electron chi connectivity index (χ1n) is 10.7. The molecule has 2 aromatic carbocycles. The molecule has 3 amide bonds. The zero-order valence-corrected chi connectivity index (χ0v) is 18.9. The number of carbonyl (C=O) groups is 2. The maximum atomic E-state index is 13.0. The van der Waals surface area contributed by atoms with Crippen molar-refractivity contribution in [2.45, 2.75) is 25.7 Å². The highest BCUT2D eigenvalue weighted by molar-refractivity contribution is 7.13. The Hall–Kier alpha value is -3.53. The van der Waals surface area contributed by atoms with Gasteiger partial charge in [0.15, 0.2) is 0 Å². The van der Waals surface area contributed by atoms with E-state index in [2.05, 4.69) is 20.8 Å². The van der Waals surface area contributed by atoms with Crippen molar-refractivity contribution in [2.75, 3.05) is 30.3 Å². The average Bonchev–Trinajstić information content (AvgIpc) is 3.33. The Bertz CT molecular complexity index is 1100. The van der Waals surface area contributed by atoms with Gasteiger partial charge in [0.05, 0.1) is 6.61 Å². The van der Waals surface area contributed by atoms with E-state index in [4.69, 9.17) is 4.74 Å². The molecule has 2 N–H and O–H groups in total. The monoisotopic (exact) mass is 469 g/mol. The molecule has 8 nitrogen and oxygen atoms in total. The zero-order valence-electron chi connectivity index (χ0n) is 18.1. The molecular weight excluding hydrogens is 445 g/mol. The summed E-state index contributed by atoms with van der Waals surface area (Å²) in [6.45, 7) is 3.69. The summed E-state index contributed by atoms with van der Waals surface area (Å²) in [7, 11) is 0. The Morgan fingerprint density at radius 2 is 1.67 bits per heavy atom. The maximum absolute atomic E-state index is 13.0. The fourth-order valence-corrected chi connectivity index (χ4v) is 4.45. The van der Waals surface area contributed by atoms with Crippen LogP contribution in [-0.2, 0) is 0 Å². The number of nitrogens with one attached hydrogen (secondary N) is 2. The van der Waals surface area contributed by atoms with Crippen LogP contribution in [0.3, 0.4) is 0 Å². The van der Waals surface area contributed by atoms with Crippen LogP contribution in [0.4, 0.5) is 20.6 Å². The first-order chi connectivity index (χ1) is 16.0. The molecule has 0 atom stereocenters. The van der Waals surface area contributed by atoms with Gasteiger partial charge in [-0.15, -0.1) is 10.2 Å². The number of piperidine rings is 1. The summed E-state index contributed by atoms with van der Waals surface area (Å²) in [6, 6.07) is 12.7. The number of aromatic nitrogens is 2. The highest BCUT2D eigenvalue weighted by Gasteiger charge is 2.27. The zero-order chi connectivity index (χ0) is 23.2. The number of amides is 3. The standard InChI is InChI=1S/C23H24FN5O3S/c1-2-32-19-9-7-18(8-10-19)26-23(31)29-13-11-15(12-14-29)21-27-28-22(33-21)20(30)25-17-5-3-16(24)4-6-17/h3-10,15H,2,11-14H2,1H3,(H,25,30)(H,26,31). The van der Waals surface area contributed by atoms with Gasteiger partial charge < -0.3 is 20.3 Å². The number of halogens is 1. The lowest BCUT2D eigenvalue weighted by molar-refractivity contribution is 0.102. The molecule has 10 heteroatoms. The third-order valence-corrected chi connectivity index (χ3v) is 6.37. The predicted molar refractivity (Wildman–Crippen MR) is 124 cm³/mol. The summed E-state index contributed by atoms with van der Waals surface area (Å²) >= 11 is 1.25. The van der Waals surface area contributed by atoms with Crippen molar-refractivity contribution in [3.05, 3.63) is 64.4 Å². The molecule has 0 aliphatic carbocycles. The normalized spacial score (nSPS) is 14.1. The summed E-state index contributed by atoms with van der Waals surface area (Å²) < 4.78 is 18.4. The van der Waals surface area contributed by atoms with Gasteiger partial charge in [-0.05, 0) is 68.3 Å². The highest BCUT2D eigenvalue weighted by atomic mass is 32.1. The van der Waals surface area contributed by atoms with Crippen LogP contribution in [0.25, 0.3) is 0 Å². The van der Waals surface area contributed by atoms with Crippen molar-refractivity contribution in [1.29, 1.82) is 0 Å². The molecule has 0 saturated carbocycles. The summed E-state index contributed by atoms with van der Waals surface area (Å²) in [5.74, 6) is 0.159. The number of nitrogens with zero attached hydrogens (tertiary/aromatic N) is 3. The lowest BCUT2D eigenvalue weighted by atomic mass is 9.98. The van der Waals surface area contributed by atoms with Crippen molar-refractivity contribution in [2.24, 2.45) is 0 Å². The number of anilines is 2. The summed E-state index contributed by atoms with van der Waals surface area (Å²) in [4.78, 5) is 26.8. The van der Waals surface area contributed by atoms with Crippen LogP contribution in [0.15, 0.2) is 48.5 Å². The SMILES string of the molecule is CCOc1ccc(NC(=O)N2CCC(c3nnc(C(=O)Nc4ccc(F)cc4)s3)CC2)cc1. The van der Waals surface area contributed by atoms with Gasteiger partial charge in [-0.3, -0.25) is 4.79 Å². The second-order valence-corrected chi connectivity index (χ2v) is 8.56. The van der Waals surface area contributed by atoms with Crippen molar-refractivity contribution >= 4 is 34.6 Å². The minimum absolute atomic E-state index is 0.143. The molecule has 1 aliphatic heterocycles. The van der Waals surface area contributed by atoms with E-state index < -0.39 is 0 Å². The van der Waals surface area contributed by atoms with E-state index in [9.17, 15) is 14.0 Å². The second-order valence-electron chi connectivity index (χ2n) is 7.56. The molecule has 0 unspecified atom stereocenters. The molecule has 1 fully saturated rings. The smallest absolute Gasteiger partial charge is 0.321 e.